The molecule has 3 nitrogen and oxygen atoms in total. The molecule has 0 aromatic carbocycles. The van der Waals surface area contributed by atoms with Crippen LogP contribution in [-0.2, 0) is 0 Å². The van der Waals surface area contributed by atoms with Gasteiger partial charge in [0.05, 0.1) is 5.60 Å². The molecule has 1 saturated carbocycles. The summed E-state index contributed by atoms with van der Waals surface area (Å²) in [6.45, 7) is 9.07. The Balaban J connectivity index is 2.13. The molecule has 3 heteroatoms. The lowest BCUT2D eigenvalue weighted by molar-refractivity contribution is -0.0146. The van der Waals surface area contributed by atoms with Crippen LogP contribution >= 0.6 is 0 Å². The maximum Gasteiger partial charge on any atom is 0.0870 e. The third-order valence-corrected chi connectivity index (χ3v) is 4.62. The van der Waals surface area contributed by atoms with Gasteiger partial charge in [0.1, 0.15) is 0 Å². The monoisotopic (exact) mass is 254 g/mol. The highest BCUT2D eigenvalue weighted by Gasteiger charge is 2.39. The maximum atomic E-state index is 10.5. The van der Waals surface area contributed by atoms with Gasteiger partial charge in [-0.2, -0.15) is 0 Å². The Morgan fingerprint density at radius 3 is 2.22 bits per heavy atom. The first-order valence-electron chi connectivity index (χ1n) is 7.61. The first-order valence-corrected chi connectivity index (χ1v) is 7.61. The van der Waals surface area contributed by atoms with E-state index in [1.807, 2.05) is 6.92 Å². The van der Waals surface area contributed by atoms with Gasteiger partial charge in [-0.25, -0.2) is 0 Å². The van der Waals surface area contributed by atoms with E-state index in [0.717, 1.165) is 13.1 Å². The van der Waals surface area contributed by atoms with Gasteiger partial charge < -0.3 is 10.4 Å². The van der Waals surface area contributed by atoms with Crippen molar-refractivity contribution in [2.24, 2.45) is 0 Å². The van der Waals surface area contributed by atoms with Crippen LogP contribution in [0, 0.1) is 0 Å². The summed E-state index contributed by atoms with van der Waals surface area (Å²) in [7, 11) is 0. The van der Waals surface area contributed by atoms with Gasteiger partial charge in [0, 0.05) is 31.2 Å². The average molecular weight is 254 g/mol. The molecule has 2 fully saturated rings. The summed E-state index contributed by atoms with van der Waals surface area (Å²) in [6, 6.07) is 0.661. The van der Waals surface area contributed by atoms with E-state index in [-0.39, 0.29) is 5.54 Å². The zero-order chi connectivity index (χ0) is 13.2. The summed E-state index contributed by atoms with van der Waals surface area (Å²) in [6.07, 6.45) is 8.09. The predicted molar refractivity (Wildman–Crippen MR) is 75.8 cm³/mol. The van der Waals surface area contributed by atoms with Crippen LogP contribution in [-0.4, -0.2) is 46.8 Å². The fourth-order valence-corrected chi connectivity index (χ4v) is 3.57. The number of hydrogen-bond acceptors (Lipinski definition) is 3. The predicted octanol–water partition coefficient (Wildman–Crippen LogP) is 2.14. The minimum Gasteiger partial charge on any atom is -0.388 e. The Hall–Kier alpha value is -0.120. The van der Waals surface area contributed by atoms with E-state index >= 15 is 0 Å². The van der Waals surface area contributed by atoms with Crippen LogP contribution in [0.25, 0.3) is 0 Å². The van der Waals surface area contributed by atoms with E-state index in [2.05, 4.69) is 24.1 Å². The number of rotatable bonds is 1. The maximum absolute atomic E-state index is 10.5. The molecular formula is C15H30N2O. The standard InChI is InChI=1S/C15H30N2O/c1-14(2)10-16-11-15(3,18)12-17(14)13-8-6-4-5-7-9-13/h13,16,18H,4-12H2,1-3H3. The summed E-state index contributed by atoms with van der Waals surface area (Å²) in [5, 5.41) is 13.9. The fourth-order valence-electron chi connectivity index (χ4n) is 3.57. The Morgan fingerprint density at radius 1 is 1.00 bits per heavy atom. The molecule has 0 spiro atoms. The van der Waals surface area contributed by atoms with E-state index < -0.39 is 5.60 Å². The summed E-state index contributed by atoms with van der Waals surface area (Å²) < 4.78 is 0. The largest absolute Gasteiger partial charge is 0.388 e. The van der Waals surface area contributed by atoms with Crippen molar-refractivity contribution in [2.45, 2.75) is 76.5 Å². The van der Waals surface area contributed by atoms with Gasteiger partial charge in [-0.05, 0) is 33.6 Å². The smallest absolute Gasteiger partial charge is 0.0870 e. The summed E-state index contributed by atoms with van der Waals surface area (Å²) in [5.41, 5.74) is -0.449. The molecule has 0 aromatic heterocycles. The Bertz CT molecular complexity index is 268. The van der Waals surface area contributed by atoms with E-state index in [1.165, 1.54) is 38.5 Å². The first kappa shape index (κ1) is 14.3. The van der Waals surface area contributed by atoms with Crippen molar-refractivity contribution in [1.29, 1.82) is 0 Å². The van der Waals surface area contributed by atoms with Gasteiger partial charge in [-0.15, -0.1) is 0 Å². The second-order valence-corrected chi connectivity index (χ2v) is 7.19. The molecule has 106 valence electrons. The SMILES string of the molecule is CC1(O)CNCC(C)(C)N(C2CCCCCC2)C1. The summed E-state index contributed by atoms with van der Waals surface area (Å²) in [5.74, 6) is 0. The molecule has 0 aromatic rings. The van der Waals surface area contributed by atoms with E-state index in [0.29, 0.717) is 12.6 Å². The van der Waals surface area contributed by atoms with Crippen LogP contribution in [0.4, 0.5) is 0 Å². The second-order valence-electron chi connectivity index (χ2n) is 7.19. The van der Waals surface area contributed by atoms with Crippen molar-refractivity contribution in [2.75, 3.05) is 19.6 Å². The van der Waals surface area contributed by atoms with Crippen molar-refractivity contribution >= 4 is 0 Å². The number of nitrogens with zero attached hydrogens (tertiary/aromatic N) is 1. The molecular weight excluding hydrogens is 224 g/mol. The molecule has 1 saturated heterocycles. The lowest BCUT2D eigenvalue weighted by Crippen LogP contribution is -2.55. The van der Waals surface area contributed by atoms with Gasteiger partial charge >= 0.3 is 0 Å². The Labute approximate surface area is 112 Å². The minimum atomic E-state index is -0.597. The topological polar surface area (TPSA) is 35.5 Å². The molecule has 18 heavy (non-hydrogen) atoms. The number of β-amino-alcohol motifs (C(OH)–C–C–N with tert-alkyl or cyclic N) is 1. The van der Waals surface area contributed by atoms with Gasteiger partial charge in [0.2, 0.25) is 0 Å². The van der Waals surface area contributed by atoms with Crippen LogP contribution in [0.5, 0.6) is 0 Å². The molecule has 0 amide bonds. The second kappa shape index (κ2) is 5.48. The fraction of sp³-hybridized carbons (Fsp3) is 1.00. The summed E-state index contributed by atoms with van der Waals surface area (Å²) >= 11 is 0. The lowest BCUT2D eigenvalue weighted by atomic mass is 9.95. The van der Waals surface area contributed by atoms with Crippen molar-refractivity contribution < 1.29 is 5.11 Å². The van der Waals surface area contributed by atoms with Crippen molar-refractivity contribution in [3.8, 4) is 0 Å². The quantitative estimate of drug-likeness (QED) is 0.704. The van der Waals surface area contributed by atoms with E-state index in [9.17, 15) is 5.11 Å². The third-order valence-electron chi connectivity index (χ3n) is 4.62. The third kappa shape index (κ3) is 3.46. The number of hydrogen-bond donors (Lipinski definition) is 2. The average Bonchev–Trinajstić information content (AvgIpc) is 2.57. The van der Waals surface area contributed by atoms with Gasteiger partial charge in [0.25, 0.3) is 0 Å². The van der Waals surface area contributed by atoms with Gasteiger partial charge in [-0.1, -0.05) is 25.7 Å². The molecule has 1 aliphatic carbocycles. The zero-order valence-corrected chi connectivity index (χ0v) is 12.3. The van der Waals surface area contributed by atoms with Crippen LogP contribution in [0.2, 0.25) is 0 Å². The molecule has 1 aliphatic heterocycles. The molecule has 1 heterocycles. The van der Waals surface area contributed by atoms with E-state index in [1.54, 1.807) is 0 Å². The van der Waals surface area contributed by atoms with Crippen LogP contribution in [0.3, 0.4) is 0 Å². The van der Waals surface area contributed by atoms with Gasteiger partial charge in [0.15, 0.2) is 0 Å². The Morgan fingerprint density at radius 2 is 1.61 bits per heavy atom. The highest BCUT2D eigenvalue weighted by atomic mass is 16.3. The molecule has 0 bridgehead atoms. The van der Waals surface area contributed by atoms with Crippen LogP contribution < -0.4 is 5.32 Å². The lowest BCUT2D eigenvalue weighted by Gasteiger charge is -2.44. The zero-order valence-electron chi connectivity index (χ0n) is 12.3. The highest BCUT2D eigenvalue weighted by molar-refractivity contribution is 4.97. The number of nitrogens with one attached hydrogen (secondary N) is 1. The molecule has 2 N–H and O–H groups in total. The summed E-state index contributed by atoms with van der Waals surface area (Å²) in [4.78, 5) is 2.58. The highest BCUT2D eigenvalue weighted by Crippen LogP contribution is 2.30. The van der Waals surface area contributed by atoms with Crippen molar-refractivity contribution in [1.82, 2.24) is 10.2 Å². The van der Waals surface area contributed by atoms with Crippen LogP contribution in [0.1, 0.15) is 59.3 Å². The molecule has 1 unspecified atom stereocenters. The molecule has 2 aliphatic rings. The molecule has 2 rings (SSSR count). The van der Waals surface area contributed by atoms with Crippen LogP contribution in [0.15, 0.2) is 0 Å². The molecule has 0 radical (unpaired) electrons. The first-order chi connectivity index (χ1) is 8.41. The number of aliphatic hydroxyl groups is 1. The van der Waals surface area contributed by atoms with Gasteiger partial charge in [-0.3, -0.25) is 4.90 Å². The van der Waals surface area contributed by atoms with Crippen molar-refractivity contribution in [3.63, 3.8) is 0 Å². The molecule has 1 atom stereocenters. The van der Waals surface area contributed by atoms with Crippen molar-refractivity contribution in [3.05, 3.63) is 0 Å². The Kier molecular flexibility index (Phi) is 4.35. The normalized spacial score (nSPS) is 36.0. The van der Waals surface area contributed by atoms with E-state index in [4.69, 9.17) is 0 Å². The minimum absolute atomic E-state index is 0.148.